The summed E-state index contributed by atoms with van der Waals surface area (Å²) >= 11 is 0. The van der Waals surface area contributed by atoms with Crippen LogP contribution in [0.3, 0.4) is 0 Å². The first kappa shape index (κ1) is 26.1. The van der Waals surface area contributed by atoms with E-state index in [4.69, 9.17) is 14.5 Å². The molecule has 0 aromatic heterocycles. The molecule has 0 N–H and O–H groups in total. The minimum absolute atomic E-state index is 0.215. The topological polar surface area (TPSA) is 128 Å². The van der Waals surface area contributed by atoms with Crippen LogP contribution in [-0.2, 0) is 34.2 Å². The lowest BCUT2D eigenvalue weighted by molar-refractivity contribution is -0.278. The predicted molar refractivity (Wildman–Crippen MR) is 109 cm³/mol. The molecule has 2 aromatic carbocycles. The summed E-state index contributed by atoms with van der Waals surface area (Å²) in [5.41, 5.74) is 5.28. The Morgan fingerprint density at radius 3 is 2.24 bits per heavy atom. The highest BCUT2D eigenvalue weighted by Gasteiger charge is 2.64. The minimum atomic E-state index is -5.24. The molecule has 0 bridgehead atoms. The van der Waals surface area contributed by atoms with Crippen molar-refractivity contribution in [2.24, 2.45) is 5.11 Å². The highest BCUT2D eigenvalue weighted by Crippen LogP contribution is 2.43. The van der Waals surface area contributed by atoms with E-state index >= 15 is 0 Å². The quantitative estimate of drug-likeness (QED) is 0.164. The van der Waals surface area contributed by atoms with Gasteiger partial charge in [0.25, 0.3) is 15.7 Å². The van der Waals surface area contributed by atoms with Gasteiger partial charge in [-0.25, -0.2) is 4.79 Å². The van der Waals surface area contributed by atoms with Crippen molar-refractivity contribution in [1.82, 2.24) is 0 Å². The van der Waals surface area contributed by atoms with Crippen LogP contribution in [0.2, 0.25) is 0 Å². The van der Waals surface area contributed by atoms with Crippen LogP contribution >= 0.6 is 0 Å². The molecule has 0 heterocycles. The van der Waals surface area contributed by atoms with Crippen molar-refractivity contribution in [3.63, 3.8) is 0 Å². The number of halogens is 3. The molecule has 0 aliphatic heterocycles. The van der Waals surface area contributed by atoms with Gasteiger partial charge < -0.3 is 9.47 Å². The average Bonchev–Trinajstić information content (AvgIpc) is 2.76. The molecule has 2 atom stereocenters. The Morgan fingerprint density at radius 2 is 1.73 bits per heavy atom. The van der Waals surface area contributed by atoms with Crippen LogP contribution in [0.15, 0.2) is 64.6 Å². The van der Waals surface area contributed by atoms with Crippen molar-refractivity contribution < 1.29 is 40.0 Å². The number of ether oxygens (including phenoxy) is 2. The first-order valence-corrected chi connectivity index (χ1v) is 10.7. The molecular weight excluding hydrogens is 467 g/mol. The number of rotatable bonds is 10. The third-order valence-electron chi connectivity index (χ3n) is 4.51. The molecule has 0 aliphatic carbocycles. The van der Waals surface area contributed by atoms with Gasteiger partial charge in [-0.3, -0.25) is 4.18 Å². The highest BCUT2D eigenvalue weighted by atomic mass is 32.2. The molecule has 2 rings (SSSR count). The number of aryl methyl sites for hydroxylation is 1. The van der Waals surface area contributed by atoms with Crippen molar-refractivity contribution in [3.05, 3.63) is 76.2 Å². The van der Waals surface area contributed by atoms with E-state index in [9.17, 15) is 26.4 Å². The van der Waals surface area contributed by atoms with Crippen LogP contribution in [0, 0.1) is 6.92 Å². The lowest BCUT2D eigenvalue weighted by Gasteiger charge is -2.33. The van der Waals surface area contributed by atoms with Gasteiger partial charge in [-0.05, 0) is 24.6 Å². The Labute approximate surface area is 187 Å². The van der Waals surface area contributed by atoms with Gasteiger partial charge in [0.1, 0.15) is 12.7 Å². The molecule has 178 valence electrons. The van der Waals surface area contributed by atoms with Crippen molar-refractivity contribution in [3.8, 4) is 0 Å². The average molecular weight is 487 g/mol. The van der Waals surface area contributed by atoms with Gasteiger partial charge in [-0.15, -0.1) is 0 Å². The molecule has 0 unspecified atom stereocenters. The van der Waals surface area contributed by atoms with Crippen LogP contribution in [0.5, 0.6) is 0 Å². The lowest BCUT2D eigenvalue weighted by Crippen LogP contribution is -2.53. The van der Waals surface area contributed by atoms with Crippen LogP contribution in [0.25, 0.3) is 10.4 Å². The van der Waals surface area contributed by atoms with Crippen LogP contribution in [-0.4, -0.2) is 46.9 Å². The molecule has 0 aliphatic rings. The Kier molecular flexibility index (Phi) is 8.45. The summed E-state index contributed by atoms with van der Waals surface area (Å²) in [5.74, 6) is -1.88. The lowest BCUT2D eigenvalue weighted by atomic mass is 9.92. The smallest absolute Gasteiger partial charge is 0.432 e. The van der Waals surface area contributed by atoms with E-state index in [0.717, 1.165) is 17.7 Å². The first-order valence-electron chi connectivity index (χ1n) is 9.33. The van der Waals surface area contributed by atoms with E-state index in [-0.39, 0.29) is 4.90 Å². The van der Waals surface area contributed by atoms with Crippen molar-refractivity contribution in [1.29, 1.82) is 0 Å². The van der Waals surface area contributed by atoms with E-state index in [2.05, 4.69) is 14.8 Å². The maximum atomic E-state index is 14.0. The Hall–Kier alpha value is -3.12. The fraction of sp³-hybridized carbons (Fsp3) is 0.350. The number of benzene rings is 2. The minimum Gasteiger partial charge on any atom is -0.457 e. The second-order valence-corrected chi connectivity index (χ2v) is 8.36. The van der Waals surface area contributed by atoms with Gasteiger partial charge in [0.15, 0.2) is 0 Å². The second-order valence-electron chi connectivity index (χ2n) is 6.74. The Bertz CT molecular complexity index is 1100. The molecule has 9 nitrogen and oxygen atoms in total. The maximum absolute atomic E-state index is 14.0. The number of esters is 1. The van der Waals surface area contributed by atoms with E-state index < -0.39 is 52.7 Å². The van der Waals surface area contributed by atoms with Crippen LogP contribution in [0.1, 0.15) is 11.1 Å². The summed E-state index contributed by atoms with van der Waals surface area (Å²) in [6.07, 6.45) is -6.90. The van der Waals surface area contributed by atoms with Crippen molar-refractivity contribution in [2.75, 3.05) is 20.3 Å². The number of carbonyl (C=O) groups is 1. The fourth-order valence-electron chi connectivity index (χ4n) is 2.81. The van der Waals surface area contributed by atoms with Crippen LogP contribution in [0.4, 0.5) is 13.2 Å². The van der Waals surface area contributed by atoms with E-state index in [0.29, 0.717) is 7.11 Å². The van der Waals surface area contributed by atoms with Gasteiger partial charge >= 0.3 is 12.1 Å². The van der Waals surface area contributed by atoms with E-state index in [1.807, 2.05) is 0 Å². The Morgan fingerprint density at radius 1 is 1.12 bits per heavy atom. The van der Waals surface area contributed by atoms with Crippen LogP contribution < -0.4 is 0 Å². The predicted octanol–water partition coefficient (Wildman–Crippen LogP) is 4.03. The Balaban J connectivity index is 2.31. The molecule has 0 amide bonds. The molecule has 0 saturated heterocycles. The summed E-state index contributed by atoms with van der Waals surface area (Å²) in [5, 5.41) is 3.16. The summed E-state index contributed by atoms with van der Waals surface area (Å²) in [7, 11) is -3.65. The largest absolute Gasteiger partial charge is 0.457 e. The van der Waals surface area contributed by atoms with Gasteiger partial charge in [-0.2, -0.15) is 21.6 Å². The zero-order valence-electron chi connectivity index (χ0n) is 17.5. The van der Waals surface area contributed by atoms with Gasteiger partial charge in [0.2, 0.25) is 0 Å². The number of carbonyl (C=O) groups excluding carboxylic acids is 1. The monoisotopic (exact) mass is 487 g/mol. The third-order valence-corrected chi connectivity index (χ3v) is 5.81. The molecule has 0 spiro atoms. The molecule has 33 heavy (non-hydrogen) atoms. The van der Waals surface area contributed by atoms with Gasteiger partial charge in [0, 0.05) is 17.6 Å². The van der Waals surface area contributed by atoms with E-state index in [1.165, 1.54) is 42.5 Å². The summed E-state index contributed by atoms with van der Waals surface area (Å²) in [6.45, 7) is 0.160. The number of azide groups is 1. The van der Waals surface area contributed by atoms with E-state index in [1.54, 1.807) is 6.92 Å². The first-order chi connectivity index (χ1) is 15.5. The second kappa shape index (κ2) is 10.7. The number of nitrogens with zero attached hydrogens (tertiary/aromatic N) is 3. The molecule has 0 radical (unpaired) electrons. The standard InChI is InChI=1S/C20H20F3N3O6S/c1-14-8-10-17(11-9-14)33(28,29)31-13-16(12-25-26-24)32-18(27)19(30-2,20(21,22)23)15-6-4-3-5-7-15/h3-11,16H,12-13H2,1-2H3/t16-,19-/m1/s1. The summed E-state index contributed by atoms with van der Waals surface area (Å²) < 4.78 is 81.1. The zero-order valence-corrected chi connectivity index (χ0v) is 18.3. The molecule has 2 aromatic rings. The molecule has 13 heteroatoms. The number of hydrogen-bond donors (Lipinski definition) is 0. The third kappa shape index (κ3) is 6.02. The number of methoxy groups -OCH3 is 1. The van der Waals surface area contributed by atoms with Crippen molar-refractivity contribution >= 4 is 16.1 Å². The molecular formula is C20H20F3N3O6S. The number of hydrogen-bond acceptors (Lipinski definition) is 7. The fourth-order valence-corrected chi connectivity index (χ4v) is 3.75. The van der Waals surface area contributed by atoms with Crippen molar-refractivity contribution in [2.45, 2.75) is 29.7 Å². The van der Waals surface area contributed by atoms with Gasteiger partial charge in [0.05, 0.1) is 11.4 Å². The SMILES string of the molecule is CO[C@@](C(=O)O[C@H](CN=[N+]=[N-])COS(=O)(=O)c1ccc(C)cc1)(c1ccccc1)C(F)(F)F. The maximum Gasteiger partial charge on any atom is 0.432 e. The normalized spacial score (nSPS) is 14.6. The number of alkyl halides is 3. The zero-order chi connectivity index (χ0) is 24.7. The molecule has 0 saturated carbocycles. The molecule has 0 fully saturated rings. The van der Waals surface area contributed by atoms with Gasteiger partial charge in [-0.1, -0.05) is 53.1 Å². The summed E-state index contributed by atoms with van der Waals surface area (Å²) in [4.78, 5) is 15.0. The highest BCUT2D eigenvalue weighted by molar-refractivity contribution is 7.86. The summed E-state index contributed by atoms with van der Waals surface area (Å²) in [6, 6.07) is 11.6.